The van der Waals surface area contributed by atoms with Gasteiger partial charge in [-0.05, 0) is 30.3 Å². The van der Waals surface area contributed by atoms with E-state index in [9.17, 15) is 4.79 Å². The number of para-hydroxylation sites is 1. The van der Waals surface area contributed by atoms with Gasteiger partial charge in [0.05, 0.1) is 16.4 Å². The van der Waals surface area contributed by atoms with Crippen molar-refractivity contribution in [2.24, 2.45) is 0 Å². The lowest BCUT2D eigenvalue weighted by Crippen LogP contribution is -2.16. The maximum Gasteiger partial charge on any atom is 0.248 e. The average molecular weight is 459 g/mol. The summed E-state index contributed by atoms with van der Waals surface area (Å²) in [5, 5.41) is 7.88. The number of anilines is 1. The zero-order valence-corrected chi connectivity index (χ0v) is 18.2. The van der Waals surface area contributed by atoms with Gasteiger partial charge in [-0.3, -0.25) is 9.78 Å². The van der Waals surface area contributed by atoms with Crippen LogP contribution in [0.5, 0.6) is 11.5 Å². The van der Waals surface area contributed by atoms with Crippen molar-refractivity contribution in [3.63, 3.8) is 0 Å². The summed E-state index contributed by atoms with van der Waals surface area (Å²) < 4.78 is 12.9. The quantitative estimate of drug-likeness (QED) is 0.425. The summed E-state index contributed by atoms with van der Waals surface area (Å²) in [5.74, 6) is 0.778. The van der Waals surface area contributed by atoms with E-state index >= 15 is 0 Å². The van der Waals surface area contributed by atoms with Gasteiger partial charge in [-0.1, -0.05) is 29.8 Å². The van der Waals surface area contributed by atoms with Crippen LogP contribution in [0.15, 0.2) is 79.3 Å². The predicted octanol–water partition coefficient (Wildman–Crippen LogP) is 5.01. The first kappa shape index (κ1) is 20.8. The van der Waals surface area contributed by atoms with E-state index < -0.39 is 0 Å². The summed E-state index contributed by atoms with van der Waals surface area (Å²) in [6, 6.07) is 16.8. The number of halogens is 1. The molecule has 0 atom stereocenters. The largest absolute Gasteiger partial charge is 0.486 e. The number of rotatable bonds is 5. The van der Waals surface area contributed by atoms with Crippen molar-refractivity contribution < 1.29 is 14.3 Å². The van der Waals surface area contributed by atoms with E-state index in [0.29, 0.717) is 41.1 Å². The van der Waals surface area contributed by atoms with Crippen molar-refractivity contribution in [3.05, 3.63) is 89.8 Å². The van der Waals surface area contributed by atoms with E-state index in [1.165, 1.54) is 6.08 Å². The molecule has 8 heteroatoms. The molecule has 1 amide bonds. The molecule has 7 nitrogen and oxygen atoms in total. The monoisotopic (exact) mass is 458 g/mol. The van der Waals surface area contributed by atoms with Gasteiger partial charge in [-0.2, -0.15) is 5.10 Å². The minimum absolute atomic E-state index is 0.335. The molecule has 0 bridgehead atoms. The van der Waals surface area contributed by atoms with Gasteiger partial charge >= 0.3 is 0 Å². The molecule has 33 heavy (non-hydrogen) atoms. The molecule has 1 aliphatic heterocycles. The number of hydrogen-bond acceptors (Lipinski definition) is 5. The minimum atomic E-state index is -0.335. The Morgan fingerprint density at radius 3 is 2.61 bits per heavy atom. The third-order valence-corrected chi connectivity index (χ3v) is 5.31. The standard InChI is InChI=1S/C25H19ClN4O3/c26-20-13-22-23(33-12-11-32-22)14-21(20)28-24(31)9-8-18-16-30(19-6-2-1-3-7-19)29-25(18)17-5-4-10-27-15-17/h1-10,13-16H,11-12H2,(H,28,31)/b9-8+. The fourth-order valence-corrected chi connectivity index (χ4v) is 3.65. The molecule has 3 heterocycles. The minimum Gasteiger partial charge on any atom is -0.486 e. The van der Waals surface area contributed by atoms with Gasteiger partial charge in [-0.15, -0.1) is 0 Å². The topological polar surface area (TPSA) is 78.3 Å². The number of nitrogens with zero attached hydrogens (tertiary/aromatic N) is 3. The van der Waals surface area contributed by atoms with Crippen LogP contribution in [0.25, 0.3) is 23.0 Å². The first-order valence-electron chi connectivity index (χ1n) is 10.3. The molecule has 5 rings (SSSR count). The summed E-state index contributed by atoms with van der Waals surface area (Å²) in [6.45, 7) is 0.915. The van der Waals surface area contributed by atoms with Crippen LogP contribution >= 0.6 is 11.6 Å². The molecular formula is C25H19ClN4O3. The molecule has 2 aromatic carbocycles. The van der Waals surface area contributed by atoms with Gasteiger partial charge in [-0.25, -0.2) is 4.68 Å². The Hall–Kier alpha value is -4.10. The number of carbonyl (C=O) groups excluding carboxylic acids is 1. The van der Waals surface area contributed by atoms with Gasteiger partial charge in [0.2, 0.25) is 5.91 Å². The highest BCUT2D eigenvalue weighted by Gasteiger charge is 2.16. The number of ether oxygens (including phenoxy) is 2. The van der Waals surface area contributed by atoms with E-state index in [1.807, 2.05) is 48.7 Å². The van der Waals surface area contributed by atoms with Crippen molar-refractivity contribution in [1.29, 1.82) is 0 Å². The molecule has 164 valence electrons. The molecule has 0 radical (unpaired) electrons. The van der Waals surface area contributed by atoms with Crippen LogP contribution < -0.4 is 14.8 Å². The van der Waals surface area contributed by atoms with Crippen molar-refractivity contribution in [2.75, 3.05) is 18.5 Å². The fraction of sp³-hybridized carbons (Fsp3) is 0.0800. The smallest absolute Gasteiger partial charge is 0.248 e. The first-order chi connectivity index (χ1) is 16.2. The average Bonchev–Trinajstić information content (AvgIpc) is 3.29. The highest BCUT2D eigenvalue weighted by atomic mass is 35.5. The van der Waals surface area contributed by atoms with Gasteiger partial charge in [0, 0.05) is 47.9 Å². The van der Waals surface area contributed by atoms with Gasteiger partial charge in [0.1, 0.15) is 18.9 Å². The Labute approximate surface area is 195 Å². The molecule has 0 fully saturated rings. The number of aromatic nitrogens is 3. The number of benzene rings is 2. The van der Waals surface area contributed by atoms with Crippen molar-refractivity contribution in [3.8, 4) is 28.4 Å². The second-order valence-electron chi connectivity index (χ2n) is 7.25. The van der Waals surface area contributed by atoms with Crippen LogP contribution in [-0.2, 0) is 4.79 Å². The summed E-state index contributed by atoms with van der Waals surface area (Å²) in [4.78, 5) is 16.9. The lowest BCUT2D eigenvalue weighted by atomic mass is 10.1. The summed E-state index contributed by atoms with van der Waals surface area (Å²) in [5.41, 5.74) is 3.70. The highest BCUT2D eigenvalue weighted by Crippen LogP contribution is 2.38. The molecule has 2 aromatic heterocycles. The SMILES string of the molecule is O=C(/C=C/c1cn(-c2ccccc2)nc1-c1cccnc1)Nc1cc2c(cc1Cl)OCCO2. The zero-order chi connectivity index (χ0) is 22.6. The molecule has 0 saturated carbocycles. The summed E-state index contributed by atoms with van der Waals surface area (Å²) in [7, 11) is 0. The Morgan fingerprint density at radius 2 is 1.85 bits per heavy atom. The molecule has 1 N–H and O–H groups in total. The normalized spacial score (nSPS) is 12.6. The van der Waals surface area contributed by atoms with E-state index in [-0.39, 0.29) is 5.91 Å². The van der Waals surface area contributed by atoms with Crippen LogP contribution in [0, 0.1) is 0 Å². The molecule has 1 aliphatic rings. The van der Waals surface area contributed by atoms with Crippen LogP contribution in [0.3, 0.4) is 0 Å². The van der Waals surface area contributed by atoms with Gasteiger partial charge in [0.15, 0.2) is 11.5 Å². The molecule has 4 aromatic rings. The van der Waals surface area contributed by atoms with Crippen LogP contribution in [0.4, 0.5) is 5.69 Å². The lowest BCUT2D eigenvalue weighted by Gasteiger charge is -2.19. The number of hydrogen-bond donors (Lipinski definition) is 1. The molecule has 0 spiro atoms. The number of carbonyl (C=O) groups is 1. The zero-order valence-electron chi connectivity index (χ0n) is 17.4. The lowest BCUT2D eigenvalue weighted by molar-refractivity contribution is -0.111. The Kier molecular flexibility index (Phi) is 5.78. The third kappa shape index (κ3) is 4.58. The highest BCUT2D eigenvalue weighted by molar-refractivity contribution is 6.34. The summed E-state index contributed by atoms with van der Waals surface area (Å²) >= 11 is 6.30. The maximum absolute atomic E-state index is 12.7. The Balaban J connectivity index is 1.42. The Bertz CT molecular complexity index is 1320. The van der Waals surface area contributed by atoms with Gasteiger partial charge in [0.25, 0.3) is 0 Å². The van der Waals surface area contributed by atoms with Crippen LogP contribution in [0.2, 0.25) is 5.02 Å². The fourth-order valence-electron chi connectivity index (χ4n) is 3.45. The number of pyridine rings is 1. The molecule has 0 saturated heterocycles. The third-order valence-electron chi connectivity index (χ3n) is 5.00. The van der Waals surface area contributed by atoms with Gasteiger partial charge < -0.3 is 14.8 Å². The van der Waals surface area contributed by atoms with Crippen molar-refractivity contribution in [1.82, 2.24) is 14.8 Å². The maximum atomic E-state index is 12.7. The molecular weight excluding hydrogens is 440 g/mol. The van der Waals surface area contributed by atoms with E-state index in [2.05, 4.69) is 10.3 Å². The molecule has 0 unspecified atom stereocenters. The van der Waals surface area contributed by atoms with E-state index in [1.54, 1.807) is 35.3 Å². The number of nitrogens with one attached hydrogen (secondary N) is 1. The second kappa shape index (κ2) is 9.18. The second-order valence-corrected chi connectivity index (χ2v) is 7.66. The van der Waals surface area contributed by atoms with Crippen LogP contribution in [-0.4, -0.2) is 33.9 Å². The van der Waals surface area contributed by atoms with E-state index in [4.69, 9.17) is 26.2 Å². The first-order valence-corrected chi connectivity index (χ1v) is 10.7. The van der Waals surface area contributed by atoms with Crippen molar-refractivity contribution >= 4 is 29.3 Å². The van der Waals surface area contributed by atoms with Crippen molar-refractivity contribution in [2.45, 2.75) is 0 Å². The Morgan fingerprint density at radius 1 is 1.06 bits per heavy atom. The van der Waals surface area contributed by atoms with E-state index in [0.717, 1.165) is 16.8 Å². The molecule has 0 aliphatic carbocycles. The summed E-state index contributed by atoms with van der Waals surface area (Å²) in [6.07, 6.45) is 8.48. The number of fused-ring (bicyclic) bond motifs is 1. The predicted molar refractivity (Wildman–Crippen MR) is 127 cm³/mol. The number of amides is 1. The van der Waals surface area contributed by atoms with Crippen LogP contribution in [0.1, 0.15) is 5.56 Å².